The van der Waals surface area contributed by atoms with Crippen LogP contribution in [0, 0.1) is 17.7 Å². The lowest BCUT2D eigenvalue weighted by Gasteiger charge is -2.09. The second kappa shape index (κ2) is 9.06. The zero-order valence-corrected chi connectivity index (χ0v) is 13.1. The Kier molecular flexibility index (Phi) is 6.47. The van der Waals surface area contributed by atoms with Gasteiger partial charge < -0.3 is 20.1 Å². The highest BCUT2D eigenvalue weighted by atomic mass is 19.1. The molecule has 0 saturated heterocycles. The first-order valence-electron chi connectivity index (χ1n) is 7.21. The fourth-order valence-electron chi connectivity index (χ4n) is 1.83. The number of nitrogens with one attached hydrogen (secondary N) is 2. The molecule has 0 fully saturated rings. The Balaban J connectivity index is 1.72. The van der Waals surface area contributed by atoms with Crippen molar-refractivity contribution in [1.29, 1.82) is 0 Å². The summed E-state index contributed by atoms with van der Waals surface area (Å²) in [6.07, 6.45) is 0. The van der Waals surface area contributed by atoms with Gasteiger partial charge in [-0.25, -0.2) is 9.18 Å². The van der Waals surface area contributed by atoms with E-state index in [0.29, 0.717) is 11.4 Å². The predicted molar refractivity (Wildman–Crippen MR) is 89.7 cm³/mol. The van der Waals surface area contributed by atoms with Crippen LogP contribution in [0.2, 0.25) is 0 Å². The van der Waals surface area contributed by atoms with Crippen molar-refractivity contribution in [2.45, 2.75) is 0 Å². The minimum Gasteiger partial charge on any atom is -0.495 e. The zero-order valence-electron chi connectivity index (χ0n) is 13.1. The van der Waals surface area contributed by atoms with Crippen LogP contribution in [0.15, 0.2) is 48.5 Å². The molecule has 0 saturated carbocycles. The van der Waals surface area contributed by atoms with Crippen molar-refractivity contribution in [3.63, 3.8) is 0 Å². The van der Waals surface area contributed by atoms with E-state index in [4.69, 9.17) is 9.47 Å². The zero-order chi connectivity index (χ0) is 17.2. The van der Waals surface area contributed by atoms with E-state index in [9.17, 15) is 9.18 Å². The normalized spacial score (nSPS) is 9.42. The van der Waals surface area contributed by atoms with E-state index in [2.05, 4.69) is 22.5 Å². The number of rotatable bonds is 5. The highest BCUT2D eigenvalue weighted by molar-refractivity contribution is 5.91. The summed E-state index contributed by atoms with van der Waals surface area (Å²) in [5.74, 6) is 5.69. The van der Waals surface area contributed by atoms with Gasteiger partial charge in [0.2, 0.25) is 0 Å². The van der Waals surface area contributed by atoms with Gasteiger partial charge in [0.15, 0.2) is 11.6 Å². The molecule has 0 bridgehead atoms. The molecule has 0 aliphatic rings. The number of hydrogen-bond acceptors (Lipinski definition) is 3. The third-order valence-electron chi connectivity index (χ3n) is 2.95. The van der Waals surface area contributed by atoms with Crippen molar-refractivity contribution in [3.8, 4) is 23.3 Å². The third kappa shape index (κ3) is 5.21. The van der Waals surface area contributed by atoms with Gasteiger partial charge >= 0.3 is 6.03 Å². The molecule has 0 aromatic heterocycles. The number of anilines is 1. The van der Waals surface area contributed by atoms with Crippen LogP contribution in [0.3, 0.4) is 0 Å². The first-order valence-corrected chi connectivity index (χ1v) is 7.21. The molecule has 2 N–H and O–H groups in total. The Hall–Kier alpha value is -3.20. The molecule has 2 aromatic rings. The third-order valence-corrected chi connectivity index (χ3v) is 2.95. The topological polar surface area (TPSA) is 59.6 Å². The Labute approximate surface area is 139 Å². The highest BCUT2D eigenvalue weighted by Gasteiger charge is 2.05. The monoisotopic (exact) mass is 328 g/mol. The molecule has 0 aliphatic heterocycles. The smallest absolute Gasteiger partial charge is 0.320 e. The van der Waals surface area contributed by atoms with E-state index >= 15 is 0 Å². The summed E-state index contributed by atoms with van der Waals surface area (Å²) in [6.45, 7) is 0.179. The summed E-state index contributed by atoms with van der Waals surface area (Å²) < 4.78 is 23.6. The molecular formula is C18H17FN2O3. The van der Waals surface area contributed by atoms with Crippen LogP contribution in [0.25, 0.3) is 0 Å². The van der Waals surface area contributed by atoms with Crippen LogP contribution in [0.4, 0.5) is 14.9 Å². The van der Waals surface area contributed by atoms with E-state index in [1.807, 2.05) is 6.07 Å². The van der Waals surface area contributed by atoms with E-state index in [-0.39, 0.29) is 18.9 Å². The van der Waals surface area contributed by atoms with Gasteiger partial charge in [-0.15, -0.1) is 0 Å². The first-order chi connectivity index (χ1) is 11.7. The fraction of sp³-hybridized carbons (Fsp3) is 0.167. The number of amides is 2. The van der Waals surface area contributed by atoms with Gasteiger partial charge in [-0.2, -0.15) is 0 Å². The molecule has 0 radical (unpaired) electrons. The minimum atomic E-state index is -0.436. The summed E-state index contributed by atoms with van der Waals surface area (Å²) >= 11 is 0. The maximum atomic E-state index is 13.3. The first kappa shape index (κ1) is 17.2. The SMILES string of the molecule is COc1ccccc1NC(=O)NCC#CCOc1ccccc1F. The number of carbonyl (C=O) groups excluding carboxylic acids is 1. The Bertz CT molecular complexity index is 753. The Morgan fingerprint density at radius 1 is 1.08 bits per heavy atom. The van der Waals surface area contributed by atoms with E-state index < -0.39 is 11.8 Å². The molecule has 0 atom stereocenters. The number of hydrogen-bond donors (Lipinski definition) is 2. The molecule has 0 unspecified atom stereocenters. The summed E-state index contributed by atoms with van der Waals surface area (Å²) in [7, 11) is 1.53. The molecule has 0 spiro atoms. The summed E-state index contributed by atoms with van der Waals surface area (Å²) in [6, 6.07) is 12.8. The molecule has 5 nitrogen and oxygen atoms in total. The molecule has 2 rings (SSSR count). The average molecular weight is 328 g/mol. The maximum Gasteiger partial charge on any atom is 0.320 e. The van der Waals surface area contributed by atoms with Crippen molar-refractivity contribution in [2.75, 3.05) is 25.6 Å². The number of carbonyl (C=O) groups is 1. The molecule has 2 amide bonds. The van der Waals surface area contributed by atoms with Gasteiger partial charge in [-0.05, 0) is 24.3 Å². The molecule has 2 aromatic carbocycles. The quantitative estimate of drug-likeness (QED) is 0.830. The standard InChI is InChI=1S/C18H17FN2O3/c1-23-17-11-5-3-9-15(17)21-18(22)20-12-6-7-13-24-16-10-4-2-8-14(16)19/h2-5,8-11H,12-13H2,1H3,(H2,20,21,22). The molecule has 6 heteroatoms. The van der Waals surface area contributed by atoms with E-state index in [1.165, 1.54) is 19.2 Å². The van der Waals surface area contributed by atoms with Gasteiger partial charge in [-0.1, -0.05) is 36.1 Å². The number of methoxy groups -OCH3 is 1. The van der Waals surface area contributed by atoms with E-state index in [0.717, 1.165) is 0 Å². The average Bonchev–Trinajstić information content (AvgIpc) is 2.60. The Morgan fingerprint density at radius 2 is 1.79 bits per heavy atom. The lowest BCUT2D eigenvalue weighted by Crippen LogP contribution is -2.29. The number of halogens is 1. The summed E-state index contributed by atoms with van der Waals surface area (Å²) in [5, 5.41) is 5.25. The van der Waals surface area contributed by atoms with Crippen molar-refractivity contribution in [1.82, 2.24) is 5.32 Å². The minimum absolute atomic E-state index is 0.0384. The largest absolute Gasteiger partial charge is 0.495 e. The van der Waals surface area contributed by atoms with Crippen LogP contribution in [-0.4, -0.2) is 26.3 Å². The number of ether oxygens (including phenoxy) is 2. The highest BCUT2D eigenvalue weighted by Crippen LogP contribution is 2.22. The number of para-hydroxylation sites is 3. The molecule has 24 heavy (non-hydrogen) atoms. The predicted octanol–water partition coefficient (Wildman–Crippen LogP) is 3.04. The molecule has 0 heterocycles. The van der Waals surface area contributed by atoms with Crippen LogP contribution in [0.1, 0.15) is 0 Å². The second-order valence-corrected chi connectivity index (χ2v) is 4.58. The summed E-state index contributed by atoms with van der Waals surface area (Å²) in [4.78, 5) is 11.8. The van der Waals surface area contributed by atoms with Crippen LogP contribution in [0.5, 0.6) is 11.5 Å². The van der Waals surface area contributed by atoms with E-state index in [1.54, 1.807) is 30.3 Å². The maximum absolute atomic E-state index is 13.3. The van der Waals surface area contributed by atoms with Gasteiger partial charge in [0, 0.05) is 0 Å². The van der Waals surface area contributed by atoms with Crippen LogP contribution >= 0.6 is 0 Å². The van der Waals surface area contributed by atoms with Gasteiger partial charge in [0.25, 0.3) is 0 Å². The fourth-order valence-corrected chi connectivity index (χ4v) is 1.83. The Morgan fingerprint density at radius 3 is 2.54 bits per heavy atom. The van der Waals surface area contributed by atoms with Gasteiger partial charge in [0.1, 0.15) is 12.4 Å². The van der Waals surface area contributed by atoms with Crippen molar-refractivity contribution < 1.29 is 18.7 Å². The van der Waals surface area contributed by atoms with Crippen molar-refractivity contribution in [3.05, 3.63) is 54.3 Å². The molecular weight excluding hydrogens is 311 g/mol. The number of urea groups is 1. The summed E-state index contributed by atoms with van der Waals surface area (Å²) in [5.41, 5.74) is 0.563. The van der Waals surface area contributed by atoms with Crippen LogP contribution < -0.4 is 20.1 Å². The van der Waals surface area contributed by atoms with Crippen LogP contribution in [-0.2, 0) is 0 Å². The lowest BCUT2D eigenvalue weighted by atomic mass is 10.3. The van der Waals surface area contributed by atoms with Gasteiger partial charge in [0.05, 0.1) is 19.3 Å². The van der Waals surface area contributed by atoms with Gasteiger partial charge in [-0.3, -0.25) is 0 Å². The molecule has 0 aliphatic carbocycles. The van der Waals surface area contributed by atoms with Crippen molar-refractivity contribution in [2.24, 2.45) is 0 Å². The molecule has 124 valence electrons. The second-order valence-electron chi connectivity index (χ2n) is 4.58. The van der Waals surface area contributed by atoms with Crippen molar-refractivity contribution >= 4 is 11.7 Å². The lowest BCUT2D eigenvalue weighted by molar-refractivity contribution is 0.253. The number of benzene rings is 2.